The Kier molecular flexibility index (Phi) is 6.55. The van der Waals surface area contributed by atoms with Gasteiger partial charge < -0.3 is 20.1 Å². The molecular formula is C19H23ClN4O2. The van der Waals surface area contributed by atoms with Crippen molar-refractivity contribution in [3.8, 4) is 11.5 Å². The number of hydrogen-bond donors (Lipinski definition) is 2. The molecule has 0 spiro atoms. The Morgan fingerprint density at radius 2 is 2.08 bits per heavy atom. The lowest BCUT2D eigenvalue weighted by molar-refractivity contribution is 0.296. The first-order chi connectivity index (χ1) is 12.8. The van der Waals surface area contributed by atoms with Crippen LogP contribution < -0.4 is 20.1 Å². The predicted molar refractivity (Wildman–Crippen MR) is 103 cm³/mol. The number of ether oxygens (including phenoxy) is 2. The van der Waals surface area contributed by atoms with E-state index < -0.39 is 0 Å². The van der Waals surface area contributed by atoms with Gasteiger partial charge in [-0.05, 0) is 24.1 Å². The third-order valence-corrected chi connectivity index (χ3v) is 4.24. The Hall–Kier alpha value is -2.47. The zero-order chi connectivity index (χ0) is 18.2. The van der Waals surface area contributed by atoms with Crippen LogP contribution in [0.3, 0.4) is 0 Å². The molecule has 0 unspecified atom stereocenters. The number of aromatic nitrogens is 1. The standard InChI is InChI=1S/C19H23ClN4O2/c1-21-19(22-9-8-14-6-7-17(20)23-12-14)24-13-15-4-2-5-16-18(15)26-11-3-10-25-16/h2,4-7,12H,3,8-11,13H2,1H3,(H2,21,22,24). The average Bonchev–Trinajstić information content (AvgIpc) is 2.92. The van der Waals surface area contributed by atoms with Crippen LogP contribution in [0.15, 0.2) is 41.5 Å². The number of para-hydroxylation sites is 1. The van der Waals surface area contributed by atoms with Crippen LogP contribution in [0, 0.1) is 0 Å². The summed E-state index contributed by atoms with van der Waals surface area (Å²) in [6.45, 7) is 2.71. The summed E-state index contributed by atoms with van der Waals surface area (Å²) in [6, 6.07) is 9.73. The highest BCUT2D eigenvalue weighted by Crippen LogP contribution is 2.33. The van der Waals surface area contributed by atoms with Crippen molar-refractivity contribution in [2.45, 2.75) is 19.4 Å². The summed E-state index contributed by atoms with van der Waals surface area (Å²) in [7, 11) is 1.75. The summed E-state index contributed by atoms with van der Waals surface area (Å²) in [5.74, 6) is 2.36. The van der Waals surface area contributed by atoms with E-state index in [4.69, 9.17) is 21.1 Å². The van der Waals surface area contributed by atoms with Gasteiger partial charge >= 0.3 is 0 Å². The predicted octanol–water partition coefficient (Wildman–Crippen LogP) is 2.80. The van der Waals surface area contributed by atoms with Crippen LogP contribution in [-0.4, -0.2) is 37.7 Å². The molecular weight excluding hydrogens is 352 g/mol. The fourth-order valence-electron chi connectivity index (χ4n) is 2.67. The molecule has 2 N–H and O–H groups in total. The number of benzene rings is 1. The van der Waals surface area contributed by atoms with Crippen molar-refractivity contribution in [3.63, 3.8) is 0 Å². The molecule has 6 nitrogen and oxygen atoms in total. The van der Waals surface area contributed by atoms with Gasteiger partial charge in [-0.25, -0.2) is 4.98 Å². The molecule has 0 radical (unpaired) electrons. The Morgan fingerprint density at radius 1 is 1.19 bits per heavy atom. The van der Waals surface area contributed by atoms with Crippen molar-refractivity contribution in [2.75, 3.05) is 26.8 Å². The minimum atomic E-state index is 0.507. The maximum atomic E-state index is 5.85. The molecule has 3 rings (SSSR count). The lowest BCUT2D eigenvalue weighted by Crippen LogP contribution is -2.37. The molecule has 2 aromatic rings. The number of hydrogen-bond acceptors (Lipinski definition) is 4. The molecule has 1 aliphatic rings. The molecule has 0 saturated carbocycles. The molecule has 0 atom stereocenters. The van der Waals surface area contributed by atoms with Crippen molar-refractivity contribution in [2.24, 2.45) is 4.99 Å². The number of halogens is 1. The fraction of sp³-hybridized carbons (Fsp3) is 0.368. The molecule has 1 aliphatic heterocycles. The topological polar surface area (TPSA) is 67.8 Å². The van der Waals surface area contributed by atoms with E-state index in [1.807, 2.05) is 24.3 Å². The normalized spacial score (nSPS) is 13.8. The van der Waals surface area contributed by atoms with E-state index in [9.17, 15) is 0 Å². The molecule has 0 aliphatic carbocycles. The van der Waals surface area contributed by atoms with E-state index in [1.165, 1.54) is 0 Å². The number of pyridine rings is 1. The SMILES string of the molecule is CN=C(NCCc1ccc(Cl)nc1)NCc1cccc2c1OCCCO2. The van der Waals surface area contributed by atoms with E-state index in [-0.39, 0.29) is 0 Å². The quantitative estimate of drug-likeness (QED) is 0.478. The Bertz CT molecular complexity index is 750. The minimum absolute atomic E-state index is 0.507. The Morgan fingerprint density at radius 3 is 2.88 bits per heavy atom. The van der Waals surface area contributed by atoms with Crippen molar-refractivity contribution in [1.29, 1.82) is 0 Å². The van der Waals surface area contributed by atoms with Crippen LogP contribution >= 0.6 is 11.6 Å². The number of guanidine groups is 1. The maximum absolute atomic E-state index is 5.85. The highest BCUT2D eigenvalue weighted by atomic mass is 35.5. The second kappa shape index (κ2) is 9.29. The Labute approximate surface area is 158 Å². The molecule has 7 heteroatoms. The van der Waals surface area contributed by atoms with Gasteiger partial charge in [0.25, 0.3) is 0 Å². The molecule has 26 heavy (non-hydrogen) atoms. The molecule has 1 aromatic carbocycles. The summed E-state index contributed by atoms with van der Waals surface area (Å²) in [6.07, 6.45) is 3.52. The van der Waals surface area contributed by atoms with Gasteiger partial charge in [-0.15, -0.1) is 0 Å². The fourth-order valence-corrected chi connectivity index (χ4v) is 2.78. The minimum Gasteiger partial charge on any atom is -0.490 e. The van der Waals surface area contributed by atoms with E-state index in [0.717, 1.165) is 48.0 Å². The highest BCUT2D eigenvalue weighted by Gasteiger charge is 2.14. The van der Waals surface area contributed by atoms with Gasteiger partial charge in [0.1, 0.15) is 5.15 Å². The molecule has 0 saturated heterocycles. The molecule has 0 amide bonds. The van der Waals surface area contributed by atoms with E-state index in [0.29, 0.717) is 24.9 Å². The summed E-state index contributed by atoms with van der Waals surface area (Å²) in [4.78, 5) is 8.35. The first-order valence-corrected chi connectivity index (χ1v) is 9.06. The zero-order valence-electron chi connectivity index (χ0n) is 14.8. The van der Waals surface area contributed by atoms with Crippen LogP contribution in [-0.2, 0) is 13.0 Å². The van der Waals surface area contributed by atoms with Gasteiger partial charge in [0.05, 0.1) is 13.2 Å². The average molecular weight is 375 g/mol. The van der Waals surface area contributed by atoms with Crippen molar-refractivity contribution in [1.82, 2.24) is 15.6 Å². The van der Waals surface area contributed by atoms with Crippen LogP contribution in [0.5, 0.6) is 11.5 Å². The Balaban J connectivity index is 1.52. The largest absolute Gasteiger partial charge is 0.490 e. The van der Waals surface area contributed by atoms with Crippen LogP contribution in [0.4, 0.5) is 0 Å². The summed E-state index contributed by atoms with van der Waals surface area (Å²) < 4.78 is 11.6. The zero-order valence-corrected chi connectivity index (χ0v) is 15.6. The van der Waals surface area contributed by atoms with E-state index in [2.05, 4.69) is 20.6 Å². The monoisotopic (exact) mass is 374 g/mol. The second-order valence-electron chi connectivity index (χ2n) is 5.89. The number of rotatable bonds is 5. The molecule has 0 bridgehead atoms. The van der Waals surface area contributed by atoms with Crippen LogP contribution in [0.25, 0.3) is 0 Å². The lowest BCUT2D eigenvalue weighted by Gasteiger charge is -2.15. The molecule has 1 aromatic heterocycles. The highest BCUT2D eigenvalue weighted by molar-refractivity contribution is 6.29. The molecule has 2 heterocycles. The number of aliphatic imine (C=N–C) groups is 1. The lowest BCUT2D eigenvalue weighted by atomic mass is 10.2. The third-order valence-electron chi connectivity index (χ3n) is 4.02. The maximum Gasteiger partial charge on any atom is 0.191 e. The van der Waals surface area contributed by atoms with Crippen LogP contribution in [0.2, 0.25) is 5.15 Å². The van der Waals surface area contributed by atoms with Gasteiger partial charge in [0.2, 0.25) is 0 Å². The van der Waals surface area contributed by atoms with Crippen molar-refractivity contribution in [3.05, 3.63) is 52.8 Å². The van der Waals surface area contributed by atoms with Crippen LogP contribution in [0.1, 0.15) is 17.5 Å². The van der Waals surface area contributed by atoms with Gasteiger partial charge in [0, 0.05) is 38.3 Å². The molecule has 138 valence electrons. The first kappa shape index (κ1) is 18.3. The number of nitrogens with one attached hydrogen (secondary N) is 2. The third kappa shape index (κ3) is 5.02. The molecule has 0 fully saturated rings. The van der Waals surface area contributed by atoms with E-state index >= 15 is 0 Å². The second-order valence-corrected chi connectivity index (χ2v) is 6.27. The first-order valence-electron chi connectivity index (χ1n) is 8.68. The number of nitrogens with zero attached hydrogens (tertiary/aromatic N) is 2. The summed E-state index contributed by atoms with van der Waals surface area (Å²) in [5, 5.41) is 7.13. The van der Waals surface area contributed by atoms with Gasteiger partial charge in [-0.1, -0.05) is 29.8 Å². The summed E-state index contributed by atoms with van der Waals surface area (Å²) in [5.41, 5.74) is 2.17. The number of fused-ring (bicyclic) bond motifs is 1. The van der Waals surface area contributed by atoms with Gasteiger partial charge in [0.15, 0.2) is 17.5 Å². The van der Waals surface area contributed by atoms with E-state index in [1.54, 1.807) is 19.3 Å². The smallest absolute Gasteiger partial charge is 0.191 e. The van der Waals surface area contributed by atoms with Crippen molar-refractivity contribution >= 4 is 17.6 Å². The summed E-state index contributed by atoms with van der Waals surface area (Å²) >= 11 is 5.80. The van der Waals surface area contributed by atoms with Gasteiger partial charge in [-0.2, -0.15) is 0 Å². The van der Waals surface area contributed by atoms with Crippen molar-refractivity contribution < 1.29 is 9.47 Å². The van der Waals surface area contributed by atoms with Gasteiger partial charge in [-0.3, -0.25) is 4.99 Å².